The van der Waals surface area contributed by atoms with Crippen molar-refractivity contribution in [2.75, 3.05) is 5.32 Å². The number of rotatable bonds is 6. The molecular weight excluding hydrogens is 362 g/mol. The zero-order valence-electron chi connectivity index (χ0n) is 13.6. The number of anilines is 1. The fourth-order valence-electron chi connectivity index (χ4n) is 2.45. The van der Waals surface area contributed by atoms with Gasteiger partial charge in [-0.1, -0.05) is 52.3 Å². The predicted octanol–water partition coefficient (Wildman–Crippen LogP) is 5.95. The topological polar surface area (TPSA) is 21.3 Å². The number of halogens is 1. The summed E-state index contributed by atoms with van der Waals surface area (Å²) in [5.74, 6) is 0.890. The monoisotopic (exact) mass is 381 g/mol. The lowest BCUT2D eigenvalue weighted by Gasteiger charge is -2.10. The van der Waals surface area contributed by atoms with E-state index in [0.29, 0.717) is 6.61 Å². The molecule has 122 valence electrons. The lowest BCUT2D eigenvalue weighted by atomic mass is 10.2. The molecule has 0 bridgehead atoms. The lowest BCUT2D eigenvalue weighted by molar-refractivity contribution is 0.306. The molecule has 0 radical (unpaired) electrons. The molecule has 3 rings (SSSR count). The summed E-state index contributed by atoms with van der Waals surface area (Å²) in [6.07, 6.45) is 0. The average Bonchev–Trinajstić information content (AvgIpc) is 2.60. The zero-order valence-corrected chi connectivity index (χ0v) is 15.2. The van der Waals surface area contributed by atoms with Crippen LogP contribution in [0.25, 0.3) is 0 Å². The van der Waals surface area contributed by atoms with E-state index in [0.717, 1.165) is 28.0 Å². The summed E-state index contributed by atoms with van der Waals surface area (Å²) in [4.78, 5) is 0. The molecule has 0 aliphatic rings. The van der Waals surface area contributed by atoms with Crippen molar-refractivity contribution in [2.45, 2.75) is 20.1 Å². The summed E-state index contributed by atoms with van der Waals surface area (Å²) in [5, 5.41) is 3.45. The smallest absolute Gasteiger partial charge is 0.120 e. The quantitative estimate of drug-likeness (QED) is 0.569. The standard InChI is InChI=1S/C21H20BrNO/c1-16-4-2-6-20(12-16)23-14-18-5-3-7-21(13-18)24-15-17-8-10-19(22)11-9-17/h2-13,23H,14-15H2,1H3. The highest BCUT2D eigenvalue weighted by Gasteiger charge is 2.00. The van der Waals surface area contributed by atoms with E-state index < -0.39 is 0 Å². The zero-order chi connectivity index (χ0) is 16.8. The molecule has 3 heteroatoms. The second kappa shape index (κ2) is 8.02. The fraction of sp³-hybridized carbons (Fsp3) is 0.143. The molecule has 0 heterocycles. The van der Waals surface area contributed by atoms with Crippen LogP contribution in [0.15, 0.2) is 77.3 Å². The highest BCUT2D eigenvalue weighted by molar-refractivity contribution is 9.10. The summed E-state index contributed by atoms with van der Waals surface area (Å²) in [6.45, 7) is 3.45. The Hall–Kier alpha value is -2.26. The molecule has 0 fully saturated rings. The number of nitrogens with one attached hydrogen (secondary N) is 1. The van der Waals surface area contributed by atoms with E-state index in [1.54, 1.807) is 0 Å². The van der Waals surface area contributed by atoms with E-state index in [1.165, 1.54) is 11.1 Å². The Morgan fingerprint density at radius 1 is 0.875 bits per heavy atom. The number of aryl methyl sites for hydroxylation is 1. The molecular formula is C21H20BrNO. The first kappa shape index (κ1) is 16.6. The Bertz CT molecular complexity index is 799. The first-order chi connectivity index (χ1) is 11.7. The van der Waals surface area contributed by atoms with Crippen LogP contribution in [0.5, 0.6) is 5.75 Å². The summed E-state index contributed by atoms with van der Waals surface area (Å²) in [6, 6.07) is 24.8. The molecule has 24 heavy (non-hydrogen) atoms. The van der Waals surface area contributed by atoms with Gasteiger partial charge in [0.15, 0.2) is 0 Å². The lowest BCUT2D eigenvalue weighted by Crippen LogP contribution is -2.00. The minimum absolute atomic E-state index is 0.571. The largest absolute Gasteiger partial charge is 0.489 e. The summed E-state index contributed by atoms with van der Waals surface area (Å²) >= 11 is 3.44. The van der Waals surface area contributed by atoms with Gasteiger partial charge in [-0.15, -0.1) is 0 Å². The van der Waals surface area contributed by atoms with Crippen molar-refractivity contribution in [3.05, 3.63) is 94.0 Å². The van der Waals surface area contributed by atoms with Crippen LogP contribution in [0, 0.1) is 6.92 Å². The van der Waals surface area contributed by atoms with Crippen molar-refractivity contribution < 1.29 is 4.74 Å². The maximum Gasteiger partial charge on any atom is 0.120 e. The van der Waals surface area contributed by atoms with Crippen LogP contribution >= 0.6 is 15.9 Å². The Labute approximate surface area is 151 Å². The number of benzene rings is 3. The molecule has 2 nitrogen and oxygen atoms in total. The van der Waals surface area contributed by atoms with E-state index in [4.69, 9.17) is 4.74 Å². The van der Waals surface area contributed by atoms with E-state index in [1.807, 2.05) is 24.3 Å². The number of hydrogen-bond donors (Lipinski definition) is 1. The first-order valence-electron chi connectivity index (χ1n) is 7.96. The minimum atomic E-state index is 0.571. The van der Waals surface area contributed by atoms with Crippen LogP contribution in [0.2, 0.25) is 0 Å². The van der Waals surface area contributed by atoms with Crippen molar-refractivity contribution in [1.82, 2.24) is 0 Å². The van der Waals surface area contributed by atoms with Crippen LogP contribution in [0.4, 0.5) is 5.69 Å². The van der Waals surface area contributed by atoms with E-state index in [2.05, 4.69) is 76.7 Å². The third-order valence-electron chi connectivity index (χ3n) is 3.73. The average molecular weight is 382 g/mol. The van der Waals surface area contributed by atoms with Crippen molar-refractivity contribution in [2.24, 2.45) is 0 Å². The Morgan fingerprint density at radius 3 is 2.46 bits per heavy atom. The van der Waals surface area contributed by atoms with Gasteiger partial charge in [-0.05, 0) is 60.0 Å². The number of ether oxygens (including phenoxy) is 1. The molecule has 3 aromatic carbocycles. The minimum Gasteiger partial charge on any atom is -0.489 e. The fourth-order valence-corrected chi connectivity index (χ4v) is 2.72. The molecule has 3 aromatic rings. The molecule has 0 atom stereocenters. The van der Waals surface area contributed by atoms with Gasteiger partial charge in [0.2, 0.25) is 0 Å². The normalized spacial score (nSPS) is 10.4. The molecule has 0 aliphatic heterocycles. The molecule has 0 amide bonds. The van der Waals surface area contributed by atoms with Gasteiger partial charge in [0.1, 0.15) is 12.4 Å². The van der Waals surface area contributed by atoms with Gasteiger partial charge in [0.25, 0.3) is 0 Å². The third-order valence-corrected chi connectivity index (χ3v) is 4.26. The highest BCUT2D eigenvalue weighted by atomic mass is 79.9. The van der Waals surface area contributed by atoms with Gasteiger partial charge in [0.05, 0.1) is 0 Å². The van der Waals surface area contributed by atoms with Gasteiger partial charge in [-0.3, -0.25) is 0 Å². The summed E-state index contributed by atoms with van der Waals surface area (Å²) in [7, 11) is 0. The van der Waals surface area contributed by atoms with Gasteiger partial charge in [0, 0.05) is 16.7 Å². The predicted molar refractivity (Wildman–Crippen MR) is 103 cm³/mol. The van der Waals surface area contributed by atoms with Gasteiger partial charge in [-0.25, -0.2) is 0 Å². The van der Waals surface area contributed by atoms with Crippen LogP contribution < -0.4 is 10.1 Å². The van der Waals surface area contributed by atoms with Crippen molar-refractivity contribution >= 4 is 21.6 Å². The maximum absolute atomic E-state index is 5.90. The second-order valence-corrected chi connectivity index (χ2v) is 6.70. The second-order valence-electron chi connectivity index (χ2n) is 5.79. The molecule has 0 aliphatic carbocycles. The highest BCUT2D eigenvalue weighted by Crippen LogP contribution is 2.18. The molecule has 0 spiro atoms. The third kappa shape index (κ3) is 4.87. The van der Waals surface area contributed by atoms with Crippen LogP contribution in [0.1, 0.15) is 16.7 Å². The van der Waals surface area contributed by atoms with Gasteiger partial charge < -0.3 is 10.1 Å². The van der Waals surface area contributed by atoms with Crippen LogP contribution in [0.3, 0.4) is 0 Å². The Kier molecular flexibility index (Phi) is 5.55. The molecule has 0 unspecified atom stereocenters. The van der Waals surface area contributed by atoms with E-state index >= 15 is 0 Å². The number of hydrogen-bond acceptors (Lipinski definition) is 2. The SMILES string of the molecule is Cc1cccc(NCc2cccc(OCc3ccc(Br)cc3)c2)c1. The van der Waals surface area contributed by atoms with Crippen molar-refractivity contribution in [1.29, 1.82) is 0 Å². The van der Waals surface area contributed by atoms with E-state index in [9.17, 15) is 0 Å². The summed E-state index contributed by atoms with van der Waals surface area (Å²) < 4.78 is 6.98. The molecule has 1 N–H and O–H groups in total. The van der Waals surface area contributed by atoms with E-state index in [-0.39, 0.29) is 0 Å². The maximum atomic E-state index is 5.90. The van der Waals surface area contributed by atoms with Crippen molar-refractivity contribution in [3.63, 3.8) is 0 Å². The van der Waals surface area contributed by atoms with Gasteiger partial charge in [-0.2, -0.15) is 0 Å². The Balaban J connectivity index is 1.58. The van der Waals surface area contributed by atoms with Crippen LogP contribution in [-0.2, 0) is 13.2 Å². The molecule has 0 saturated carbocycles. The first-order valence-corrected chi connectivity index (χ1v) is 8.75. The summed E-state index contributed by atoms with van der Waals surface area (Å²) in [5.41, 5.74) is 4.74. The van der Waals surface area contributed by atoms with Gasteiger partial charge >= 0.3 is 0 Å². The Morgan fingerprint density at radius 2 is 1.67 bits per heavy atom. The van der Waals surface area contributed by atoms with Crippen molar-refractivity contribution in [3.8, 4) is 5.75 Å². The van der Waals surface area contributed by atoms with Crippen LogP contribution in [-0.4, -0.2) is 0 Å². The molecule has 0 aromatic heterocycles. The molecule has 0 saturated heterocycles.